The number of nitrogens with zero attached hydrogens (tertiary/aromatic N) is 1. The molecule has 0 bridgehead atoms. The molecule has 3 aromatic carbocycles. The maximum absolute atomic E-state index is 13.1. The van der Waals surface area contributed by atoms with Gasteiger partial charge in [-0.2, -0.15) is 0 Å². The van der Waals surface area contributed by atoms with Crippen LogP contribution in [-0.4, -0.2) is 20.9 Å². The van der Waals surface area contributed by atoms with Crippen LogP contribution in [0.5, 0.6) is 0 Å². The van der Waals surface area contributed by atoms with Crippen LogP contribution >= 0.6 is 0 Å². The van der Waals surface area contributed by atoms with Gasteiger partial charge in [0, 0.05) is 17.8 Å². The molecule has 0 saturated heterocycles. The number of nitrogens with one attached hydrogen (secondary N) is 1. The first-order chi connectivity index (χ1) is 14.4. The van der Waals surface area contributed by atoms with E-state index in [-0.39, 0.29) is 11.7 Å². The molecule has 1 amide bonds. The number of rotatable bonds is 5. The van der Waals surface area contributed by atoms with Crippen molar-refractivity contribution in [3.8, 4) is 0 Å². The van der Waals surface area contributed by atoms with Gasteiger partial charge in [-0.15, -0.1) is 0 Å². The summed E-state index contributed by atoms with van der Waals surface area (Å²) in [6.45, 7) is 0.576. The number of carbonyl (C=O) groups excluding carboxylic acids is 1. The van der Waals surface area contributed by atoms with E-state index in [4.69, 9.17) is 0 Å². The van der Waals surface area contributed by atoms with E-state index in [2.05, 4.69) is 4.72 Å². The Balaban J connectivity index is 1.58. The zero-order valence-corrected chi connectivity index (χ0v) is 17.0. The molecule has 0 spiro atoms. The molecule has 1 aliphatic heterocycles. The molecule has 4 rings (SSSR count). The Hall–Kier alpha value is -3.19. The molecular formula is C23H21FN2O3S. The van der Waals surface area contributed by atoms with E-state index in [9.17, 15) is 17.6 Å². The van der Waals surface area contributed by atoms with Crippen LogP contribution in [-0.2, 0) is 22.2 Å². The number of amides is 1. The van der Waals surface area contributed by atoms with E-state index in [1.54, 1.807) is 29.2 Å². The van der Waals surface area contributed by atoms with Gasteiger partial charge in [-0.3, -0.25) is 9.52 Å². The van der Waals surface area contributed by atoms with Crippen molar-refractivity contribution in [3.05, 3.63) is 95.3 Å². The minimum absolute atomic E-state index is 0.108. The van der Waals surface area contributed by atoms with Crippen LogP contribution in [0.15, 0.2) is 72.8 Å². The lowest BCUT2D eigenvalue weighted by Crippen LogP contribution is -2.35. The smallest absolute Gasteiger partial charge is 0.258 e. The molecule has 1 N–H and O–H groups in total. The summed E-state index contributed by atoms with van der Waals surface area (Å²) in [5.41, 5.74) is 3.20. The van der Waals surface area contributed by atoms with Gasteiger partial charge in [0.25, 0.3) is 5.91 Å². The second kappa shape index (κ2) is 8.28. The van der Waals surface area contributed by atoms with Crippen molar-refractivity contribution in [2.75, 3.05) is 16.2 Å². The number of hydrogen-bond acceptors (Lipinski definition) is 3. The normalized spacial score (nSPS) is 13.6. The lowest BCUT2D eigenvalue weighted by atomic mass is 10.00. The molecular weight excluding hydrogens is 403 g/mol. The Morgan fingerprint density at radius 1 is 1.00 bits per heavy atom. The summed E-state index contributed by atoms with van der Waals surface area (Å²) in [5, 5.41) is 0. The molecule has 0 aromatic heterocycles. The molecule has 0 fully saturated rings. The van der Waals surface area contributed by atoms with Gasteiger partial charge >= 0.3 is 0 Å². The zero-order chi connectivity index (χ0) is 21.1. The summed E-state index contributed by atoms with van der Waals surface area (Å²) in [6.07, 6.45) is 1.68. The molecule has 154 valence electrons. The molecule has 0 aliphatic carbocycles. The lowest BCUT2D eigenvalue weighted by molar-refractivity contribution is 0.0985. The first-order valence-electron chi connectivity index (χ1n) is 9.66. The molecule has 1 aliphatic rings. The highest BCUT2D eigenvalue weighted by molar-refractivity contribution is 7.91. The van der Waals surface area contributed by atoms with Crippen molar-refractivity contribution in [1.82, 2.24) is 0 Å². The summed E-state index contributed by atoms with van der Waals surface area (Å²) < 4.78 is 40.8. The maximum Gasteiger partial charge on any atom is 0.258 e. The van der Waals surface area contributed by atoms with E-state index in [0.717, 1.165) is 24.1 Å². The van der Waals surface area contributed by atoms with Crippen molar-refractivity contribution >= 4 is 27.3 Å². The second-order valence-corrected chi connectivity index (χ2v) is 8.98. The molecule has 30 heavy (non-hydrogen) atoms. The fourth-order valence-corrected chi connectivity index (χ4v) is 4.79. The third-order valence-electron chi connectivity index (χ3n) is 5.01. The van der Waals surface area contributed by atoms with E-state index < -0.39 is 15.8 Å². The zero-order valence-electron chi connectivity index (χ0n) is 16.2. The van der Waals surface area contributed by atoms with E-state index in [1.807, 2.05) is 24.3 Å². The second-order valence-electron chi connectivity index (χ2n) is 7.26. The topological polar surface area (TPSA) is 66.5 Å². The van der Waals surface area contributed by atoms with Crippen LogP contribution in [0.2, 0.25) is 0 Å². The van der Waals surface area contributed by atoms with Crippen LogP contribution in [0.25, 0.3) is 0 Å². The first kappa shape index (κ1) is 20.1. The Morgan fingerprint density at radius 2 is 1.73 bits per heavy atom. The quantitative estimate of drug-likeness (QED) is 0.662. The Bertz CT molecular complexity index is 1160. The monoisotopic (exact) mass is 424 g/mol. The van der Waals surface area contributed by atoms with Gasteiger partial charge in [0.15, 0.2) is 0 Å². The molecule has 0 saturated carbocycles. The summed E-state index contributed by atoms with van der Waals surface area (Å²) in [7, 11) is -3.69. The maximum atomic E-state index is 13.1. The number of sulfonamides is 1. The van der Waals surface area contributed by atoms with Gasteiger partial charge in [-0.1, -0.05) is 36.4 Å². The van der Waals surface area contributed by atoms with E-state index in [0.29, 0.717) is 23.4 Å². The van der Waals surface area contributed by atoms with E-state index in [1.165, 1.54) is 24.3 Å². The third-order valence-corrected chi connectivity index (χ3v) is 6.27. The predicted molar refractivity (Wildman–Crippen MR) is 116 cm³/mol. The Morgan fingerprint density at radius 3 is 2.47 bits per heavy atom. The summed E-state index contributed by atoms with van der Waals surface area (Å²) in [4.78, 5) is 14.7. The van der Waals surface area contributed by atoms with Gasteiger partial charge in [0.2, 0.25) is 10.0 Å². The van der Waals surface area contributed by atoms with Gasteiger partial charge in [0.05, 0.1) is 11.4 Å². The van der Waals surface area contributed by atoms with Crippen molar-refractivity contribution < 1.29 is 17.6 Å². The van der Waals surface area contributed by atoms with Gasteiger partial charge in [-0.25, -0.2) is 12.8 Å². The molecule has 1 heterocycles. The number of benzene rings is 3. The van der Waals surface area contributed by atoms with Crippen molar-refractivity contribution in [2.45, 2.75) is 18.6 Å². The first-order valence-corrected chi connectivity index (χ1v) is 11.3. The highest BCUT2D eigenvalue weighted by Gasteiger charge is 2.24. The van der Waals surface area contributed by atoms with E-state index >= 15 is 0 Å². The average Bonchev–Trinajstić information content (AvgIpc) is 2.74. The van der Waals surface area contributed by atoms with Crippen molar-refractivity contribution in [2.24, 2.45) is 0 Å². The summed E-state index contributed by atoms with van der Waals surface area (Å²) in [5.74, 6) is -0.790. The number of halogens is 1. The number of aryl methyl sites for hydroxylation is 1. The largest absolute Gasteiger partial charge is 0.308 e. The fraction of sp³-hybridized carbons (Fsp3) is 0.174. The number of fused-ring (bicyclic) bond motifs is 1. The van der Waals surface area contributed by atoms with Crippen molar-refractivity contribution in [3.63, 3.8) is 0 Å². The standard InChI is InChI=1S/C23H21FN2O3S/c24-20-11-8-17(9-12-20)16-30(28,29)25-21-13-10-18-7-4-14-26(22(18)15-21)23(27)19-5-2-1-3-6-19/h1-3,5-6,8-13,15,25H,4,7,14,16H2. The molecule has 3 aromatic rings. The van der Waals surface area contributed by atoms with Crippen molar-refractivity contribution in [1.29, 1.82) is 0 Å². The van der Waals surface area contributed by atoms with Crippen LogP contribution in [0, 0.1) is 5.82 Å². The fourth-order valence-electron chi connectivity index (χ4n) is 3.60. The highest BCUT2D eigenvalue weighted by Crippen LogP contribution is 2.31. The van der Waals surface area contributed by atoms with Gasteiger partial charge < -0.3 is 4.90 Å². The molecule has 0 unspecified atom stereocenters. The van der Waals surface area contributed by atoms with Gasteiger partial charge in [-0.05, 0) is 60.4 Å². The molecule has 0 atom stereocenters. The predicted octanol–water partition coefficient (Wildman–Crippen LogP) is 4.36. The Kier molecular flexibility index (Phi) is 5.55. The third kappa shape index (κ3) is 4.52. The Labute approximate surface area is 175 Å². The summed E-state index contributed by atoms with van der Waals surface area (Å²) in [6, 6.07) is 19.7. The average molecular weight is 424 g/mol. The lowest BCUT2D eigenvalue weighted by Gasteiger charge is -2.30. The molecule has 0 radical (unpaired) electrons. The molecule has 5 nitrogen and oxygen atoms in total. The highest BCUT2D eigenvalue weighted by atomic mass is 32.2. The van der Waals surface area contributed by atoms with Crippen LogP contribution < -0.4 is 9.62 Å². The summed E-state index contributed by atoms with van der Waals surface area (Å²) >= 11 is 0. The van der Waals surface area contributed by atoms with Crippen LogP contribution in [0.1, 0.15) is 27.9 Å². The number of carbonyl (C=O) groups is 1. The molecule has 7 heteroatoms. The van der Waals surface area contributed by atoms with Crippen LogP contribution in [0.3, 0.4) is 0 Å². The number of hydrogen-bond donors (Lipinski definition) is 1. The van der Waals surface area contributed by atoms with Crippen LogP contribution in [0.4, 0.5) is 15.8 Å². The number of anilines is 2. The van der Waals surface area contributed by atoms with Gasteiger partial charge in [0.1, 0.15) is 5.82 Å². The minimum Gasteiger partial charge on any atom is -0.308 e. The minimum atomic E-state index is -3.69. The SMILES string of the molecule is O=C(c1ccccc1)N1CCCc2ccc(NS(=O)(=O)Cc3ccc(F)cc3)cc21.